The maximum Gasteiger partial charge on any atom is 0.265 e. The first kappa shape index (κ1) is 16.1. The van der Waals surface area contributed by atoms with Gasteiger partial charge in [-0.25, -0.2) is 0 Å². The van der Waals surface area contributed by atoms with Crippen molar-refractivity contribution in [2.24, 2.45) is 0 Å². The first-order valence-electron chi connectivity index (χ1n) is 7.70. The number of aryl methyl sites for hydroxylation is 1. The maximum atomic E-state index is 12.5. The van der Waals surface area contributed by atoms with Gasteiger partial charge in [0.2, 0.25) is 0 Å². The van der Waals surface area contributed by atoms with Gasteiger partial charge in [0, 0.05) is 11.7 Å². The minimum atomic E-state index is -0.0410. The topological polar surface area (TPSA) is 29.5 Å². The summed E-state index contributed by atoms with van der Waals surface area (Å²) in [6, 6.07) is 17.6. The number of carbonyl (C=O) groups excluding carboxylic acids is 1. The van der Waals surface area contributed by atoms with Crippen LogP contribution in [0.3, 0.4) is 0 Å². The van der Waals surface area contributed by atoms with Gasteiger partial charge < -0.3 is 9.64 Å². The molecular weight excluding hydrogens is 274 g/mol. The van der Waals surface area contributed by atoms with E-state index in [0.29, 0.717) is 0 Å². The zero-order chi connectivity index (χ0) is 15.9. The highest BCUT2D eigenvalue weighted by atomic mass is 16.5. The van der Waals surface area contributed by atoms with Gasteiger partial charge in [0.1, 0.15) is 5.75 Å². The van der Waals surface area contributed by atoms with Gasteiger partial charge in [-0.2, -0.15) is 0 Å². The summed E-state index contributed by atoms with van der Waals surface area (Å²) in [6.07, 6.45) is 0.994. The molecule has 0 unspecified atom stereocenters. The zero-order valence-corrected chi connectivity index (χ0v) is 13.5. The molecule has 3 nitrogen and oxygen atoms in total. The van der Waals surface area contributed by atoms with E-state index in [1.165, 1.54) is 5.56 Å². The summed E-state index contributed by atoms with van der Waals surface area (Å²) in [5, 5.41) is 0. The van der Waals surface area contributed by atoms with E-state index in [9.17, 15) is 4.79 Å². The molecule has 0 aliphatic carbocycles. The van der Waals surface area contributed by atoms with E-state index in [2.05, 4.69) is 6.92 Å². The van der Waals surface area contributed by atoms with Crippen molar-refractivity contribution in [1.82, 2.24) is 0 Å². The Morgan fingerprint density at radius 2 is 1.68 bits per heavy atom. The van der Waals surface area contributed by atoms with Crippen molar-refractivity contribution in [3.8, 4) is 5.75 Å². The third-order valence-electron chi connectivity index (χ3n) is 3.51. The van der Waals surface area contributed by atoms with E-state index in [1.54, 1.807) is 4.90 Å². The molecule has 0 aromatic heterocycles. The second-order valence-electron chi connectivity index (χ2n) is 5.48. The predicted molar refractivity (Wildman–Crippen MR) is 90.4 cm³/mol. The highest BCUT2D eigenvalue weighted by Crippen LogP contribution is 2.18. The molecule has 1 amide bonds. The Hall–Kier alpha value is -2.29. The average Bonchev–Trinajstić information content (AvgIpc) is 2.54. The van der Waals surface area contributed by atoms with Gasteiger partial charge in [0.05, 0.1) is 0 Å². The van der Waals surface area contributed by atoms with Crippen LogP contribution in [0, 0.1) is 0 Å². The molecule has 0 radical (unpaired) electrons. The van der Waals surface area contributed by atoms with E-state index in [0.717, 1.165) is 17.9 Å². The fourth-order valence-corrected chi connectivity index (χ4v) is 2.35. The molecule has 116 valence electrons. The number of para-hydroxylation sites is 1. The second-order valence-corrected chi connectivity index (χ2v) is 5.48. The van der Waals surface area contributed by atoms with Crippen LogP contribution in [0.2, 0.25) is 0 Å². The molecule has 22 heavy (non-hydrogen) atoms. The number of anilines is 1. The molecule has 2 aromatic rings. The van der Waals surface area contributed by atoms with Crippen molar-refractivity contribution in [2.75, 3.05) is 11.5 Å². The number of rotatable bonds is 6. The molecule has 0 aliphatic rings. The van der Waals surface area contributed by atoms with Crippen molar-refractivity contribution in [2.45, 2.75) is 33.2 Å². The van der Waals surface area contributed by atoms with Gasteiger partial charge >= 0.3 is 0 Å². The lowest BCUT2D eigenvalue weighted by Crippen LogP contribution is -2.40. The van der Waals surface area contributed by atoms with Crippen LogP contribution in [-0.2, 0) is 11.2 Å². The van der Waals surface area contributed by atoms with E-state index in [-0.39, 0.29) is 18.6 Å². The first-order valence-corrected chi connectivity index (χ1v) is 7.70. The highest BCUT2D eigenvalue weighted by molar-refractivity contribution is 5.94. The summed E-state index contributed by atoms with van der Waals surface area (Å²) in [5.74, 6) is 0.683. The lowest BCUT2D eigenvalue weighted by molar-refractivity contribution is -0.120. The third kappa shape index (κ3) is 4.10. The standard InChI is InChI=1S/C19H23NO2/c1-4-16-10-12-18(13-11-16)22-14-19(21)20(15(2)3)17-8-6-5-7-9-17/h5-13,15H,4,14H2,1-3H3. The SMILES string of the molecule is CCc1ccc(OCC(=O)N(c2ccccc2)C(C)C)cc1. The van der Waals surface area contributed by atoms with E-state index in [1.807, 2.05) is 68.4 Å². The summed E-state index contributed by atoms with van der Waals surface area (Å²) in [7, 11) is 0. The fraction of sp³-hybridized carbons (Fsp3) is 0.316. The van der Waals surface area contributed by atoms with E-state index >= 15 is 0 Å². The summed E-state index contributed by atoms with van der Waals surface area (Å²) in [5.41, 5.74) is 2.15. The summed E-state index contributed by atoms with van der Waals surface area (Å²) < 4.78 is 5.63. The Bertz CT molecular complexity index is 591. The van der Waals surface area contributed by atoms with Crippen molar-refractivity contribution >= 4 is 11.6 Å². The molecule has 2 aromatic carbocycles. The number of amides is 1. The Labute approximate surface area is 132 Å². The lowest BCUT2D eigenvalue weighted by atomic mass is 10.2. The summed E-state index contributed by atoms with van der Waals surface area (Å²) >= 11 is 0. The van der Waals surface area contributed by atoms with Crippen LogP contribution in [0.15, 0.2) is 54.6 Å². The van der Waals surface area contributed by atoms with Crippen LogP contribution in [0.1, 0.15) is 26.3 Å². The van der Waals surface area contributed by atoms with E-state index in [4.69, 9.17) is 4.74 Å². The minimum absolute atomic E-state index is 0.0402. The van der Waals surface area contributed by atoms with Crippen molar-refractivity contribution in [1.29, 1.82) is 0 Å². The fourth-order valence-electron chi connectivity index (χ4n) is 2.35. The number of nitrogens with zero attached hydrogens (tertiary/aromatic N) is 1. The molecule has 0 saturated heterocycles. The van der Waals surface area contributed by atoms with Crippen molar-refractivity contribution in [3.05, 3.63) is 60.2 Å². The number of carbonyl (C=O) groups is 1. The van der Waals surface area contributed by atoms with Gasteiger partial charge in [-0.15, -0.1) is 0 Å². The second kappa shape index (κ2) is 7.64. The molecule has 0 aliphatic heterocycles. The van der Waals surface area contributed by atoms with Crippen LogP contribution in [-0.4, -0.2) is 18.6 Å². The monoisotopic (exact) mass is 297 g/mol. The molecule has 3 heteroatoms. The van der Waals surface area contributed by atoms with Crippen molar-refractivity contribution in [3.63, 3.8) is 0 Å². The van der Waals surface area contributed by atoms with Crippen LogP contribution in [0.25, 0.3) is 0 Å². The Kier molecular flexibility index (Phi) is 5.59. The molecule has 0 fully saturated rings. The van der Waals surface area contributed by atoms with Gasteiger partial charge in [-0.3, -0.25) is 4.79 Å². The normalized spacial score (nSPS) is 10.5. The summed E-state index contributed by atoms with van der Waals surface area (Å²) in [6.45, 7) is 6.15. The van der Waals surface area contributed by atoms with Gasteiger partial charge in [0.25, 0.3) is 5.91 Å². The highest BCUT2D eigenvalue weighted by Gasteiger charge is 2.19. The largest absolute Gasteiger partial charge is 0.484 e. The molecule has 0 spiro atoms. The smallest absolute Gasteiger partial charge is 0.265 e. The lowest BCUT2D eigenvalue weighted by Gasteiger charge is -2.26. The molecule has 0 saturated carbocycles. The number of benzene rings is 2. The molecule has 0 bridgehead atoms. The van der Waals surface area contributed by atoms with Crippen molar-refractivity contribution < 1.29 is 9.53 Å². The average molecular weight is 297 g/mol. The molecule has 0 heterocycles. The van der Waals surface area contributed by atoms with Gasteiger partial charge in [-0.05, 0) is 50.1 Å². The summed E-state index contributed by atoms with van der Waals surface area (Å²) in [4.78, 5) is 14.2. The van der Waals surface area contributed by atoms with Crippen LogP contribution in [0.4, 0.5) is 5.69 Å². The number of hydrogen-bond acceptors (Lipinski definition) is 2. The van der Waals surface area contributed by atoms with Gasteiger partial charge in [-0.1, -0.05) is 37.3 Å². The van der Waals surface area contributed by atoms with E-state index < -0.39 is 0 Å². The van der Waals surface area contributed by atoms with Crippen LogP contribution < -0.4 is 9.64 Å². The predicted octanol–water partition coefficient (Wildman–Crippen LogP) is 4.07. The maximum absolute atomic E-state index is 12.5. The molecular formula is C19H23NO2. The molecule has 2 rings (SSSR count). The number of hydrogen-bond donors (Lipinski definition) is 0. The Morgan fingerprint density at radius 1 is 1.05 bits per heavy atom. The molecule has 0 atom stereocenters. The quantitative estimate of drug-likeness (QED) is 0.804. The van der Waals surface area contributed by atoms with Crippen LogP contribution >= 0.6 is 0 Å². The third-order valence-corrected chi connectivity index (χ3v) is 3.51. The Balaban J connectivity index is 2.02. The first-order chi connectivity index (χ1) is 10.6. The van der Waals surface area contributed by atoms with Gasteiger partial charge in [0.15, 0.2) is 6.61 Å². The zero-order valence-electron chi connectivity index (χ0n) is 13.5. The minimum Gasteiger partial charge on any atom is -0.484 e. The Morgan fingerprint density at radius 3 is 2.23 bits per heavy atom. The molecule has 0 N–H and O–H groups in total. The number of ether oxygens (including phenoxy) is 1. The van der Waals surface area contributed by atoms with Crippen LogP contribution in [0.5, 0.6) is 5.75 Å².